The first-order chi connectivity index (χ1) is 9.15. The Labute approximate surface area is 118 Å². The summed E-state index contributed by atoms with van der Waals surface area (Å²) >= 11 is 4.86. The molecule has 2 rings (SSSR count). The summed E-state index contributed by atoms with van der Waals surface area (Å²) in [6.07, 6.45) is 3.15. The number of benzene rings is 1. The first kappa shape index (κ1) is 14.0. The van der Waals surface area contributed by atoms with E-state index in [0.717, 1.165) is 30.5 Å². The van der Waals surface area contributed by atoms with Crippen molar-refractivity contribution >= 4 is 28.8 Å². The Morgan fingerprint density at radius 2 is 2.11 bits per heavy atom. The maximum atomic E-state index is 12.0. The molecule has 4 nitrogen and oxygen atoms in total. The van der Waals surface area contributed by atoms with Crippen molar-refractivity contribution in [3.05, 3.63) is 29.8 Å². The monoisotopic (exact) mass is 278 g/mol. The maximum absolute atomic E-state index is 12.0. The minimum absolute atomic E-state index is 0.0678. The summed E-state index contributed by atoms with van der Waals surface area (Å²) in [6, 6.07) is 7.54. The van der Waals surface area contributed by atoms with Gasteiger partial charge >= 0.3 is 0 Å². The minimum atomic E-state index is -0.315. The number of amides is 1. The second-order valence-electron chi connectivity index (χ2n) is 4.68. The molecule has 0 bridgehead atoms. The molecule has 0 saturated carbocycles. The molecule has 19 heavy (non-hydrogen) atoms. The molecule has 0 radical (unpaired) electrons. The zero-order chi connectivity index (χ0) is 13.7. The number of nitrogens with one attached hydrogen (secondary N) is 1. The Bertz CT molecular complexity index is 453. The molecule has 1 atom stereocenters. The number of nitrogens with two attached hydrogens (primary N) is 1. The molecular formula is C14H18N2O2S. The van der Waals surface area contributed by atoms with E-state index >= 15 is 0 Å². The van der Waals surface area contributed by atoms with Gasteiger partial charge in [0, 0.05) is 18.7 Å². The van der Waals surface area contributed by atoms with Crippen LogP contribution in [0.15, 0.2) is 24.3 Å². The maximum Gasteiger partial charge on any atom is 0.253 e. The lowest BCUT2D eigenvalue weighted by Crippen LogP contribution is -2.33. The van der Waals surface area contributed by atoms with Gasteiger partial charge in [-0.3, -0.25) is 4.79 Å². The lowest BCUT2D eigenvalue weighted by Gasteiger charge is -2.21. The van der Waals surface area contributed by atoms with E-state index in [0.29, 0.717) is 18.0 Å². The molecule has 1 aromatic carbocycles. The molecule has 1 aliphatic rings. The molecule has 0 spiro atoms. The van der Waals surface area contributed by atoms with Crippen molar-refractivity contribution in [1.29, 1.82) is 0 Å². The Kier molecular flexibility index (Phi) is 4.87. The van der Waals surface area contributed by atoms with Crippen LogP contribution >= 0.6 is 12.2 Å². The number of ether oxygens (including phenoxy) is 1. The number of rotatable bonds is 4. The average Bonchev–Trinajstić information content (AvgIpc) is 2.41. The molecule has 102 valence electrons. The fourth-order valence-electron chi connectivity index (χ4n) is 2.08. The molecular weight excluding hydrogens is 260 g/mol. The van der Waals surface area contributed by atoms with Gasteiger partial charge in [-0.15, -0.1) is 0 Å². The number of anilines is 1. The van der Waals surface area contributed by atoms with Crippen LogP contribution in [0, 0.1) is 0 Å². The van der Waals surface area contributed by atoms with Crippen LogP contribution in [0.2, 0.25) is 0 Å². The van der Waals surface area contributed by atoms with Crippen molar-refractivity contribution in [2.75, 3.05) is 11.9 Å². The molecule has 0 aliphatic carbocycles. The molecule has 1 amide bonds. The molecule has 1 aromatic rings. The van der Waals surface area contributed by atoms with Crippen LogP contribution in [0.1, 0.15) is 24.8 Å². The van der Waals surface area contributed by atoms with E-state index in [2.05, 4.69) is 5.32 Å². The number of hydrogen-bond acceptors (Lipinski definition) is 3. The smallest absolute Gasteiger partial charge is 0.253 e. The largest absolute Gasteiger partial charge is 0.393 e. The first-order valence-electron chi connectivity index (χ1n) is 6.45. The second-order valence-corrected chi connectivity index (χ2v) is 5.21. The molecule has 1 heterocycles. The Morgan fingerprint density at radius 3 is 2.68 bits per heavy atom. The topological polar surface area (TPSA) is 64.3 Å². The molecule has 1 aliphatic heterocycles. The summed E-state index contributed by atoms with van der Waals surface area (Å²) in [6.45, 7) is 0.672. The molecule has 1 unspecified atom stereocenters. The van der Waals surface area contributed by atoms with Gasteiger partial charge in [0.2, 0.25) is 0 Å². The summed E-state index contributed by atoms with van der Waals surface area (Å²) in [4.78, 5) is 12.4. The van der Waals surface area contributed by atoms with Crippen LogP contribution < -0.4 is 11.1 Å². The standard InChI is InChI=1S/C14H18N2O2S/c15-13(19)9-10-4-6-11(7-5-10)16-14(17)12-3-1-2-8-18-12/h4-7,12H,1-3,8-9H2,(H2,15,19)(H,16,17). The molecule has 3 N–H and O–H groups in total. The van der Waals surface area contributed by atoms with E-state index in [9.17, 15) is 4.79 Å². The third-order valence-electron chi connectivity index (χ3n) is 3.07. The van der Waals surface area contributed by atoms with Gasteiger partial charge in [0.05, 0.1) is 4.99 Å². The number of carbonyl (C=O) groups excluding carboxylic acids is 1. The molecule has 0 aromatic heterocycles. The minimum Gasteiger partial charge on any atom is -0.393 e. The van der Waals surface area contributed by atoms with Gasteiger partial charge in [-0.1, -0.05) is 24.4 Å². The quantitative estimate of drug-likeness (QED) is 0.827. The van der Waals surface area contributed by atoms with E-state index in [4.69, 9.17) is 22.7 Å². The van der Waals surface area contributed by atoms with E-state index in [1.807, 2.05) is 24.3 Å². The summed E-state index contributed by atoms with van der Waals surface area (Å²) in [5, 5.41) is 2.86. The van der Waals surface area contributed by atoms with E-state index in [-0.39, 0.29) is 12.0 Å². The van der Waals surface area contributed by atoms with Gasteiger partial charge in [-0.25, -0.2) is 0 Å². The van der Waals surface area contributed by atoms with Crippen molar-refractivity contribution in [1.82, 2.24) is 0 Å². The lowest BCUT2D eigenvalue weighted by molar-refractivity contribution is -0.129. The molecule has 1 fully saturated rings. The van der Waals surface area contributed by atoms with Gasteiger partial charge in [0.15, 0.2) is 0 Å². The van der Waals surface area contributed by atoms with Crippen LogP contribution in [0.25, 0.3) is 0 Å². The summed E-state index contributed by atoms with van der Waals surface area (Å²) < 4.78 is 5.44. The predicted octanol–water partition coefficient (Wildman–Crippen LogP) is 2.02. The van der Waals surface area contributed by atoms with E-state index in [1.165, 1.54) is 0 Å². The van der Waals surface area contributed by atoms with Gasteiger partial charge < -0.3 is 15.8 Å². The third kappa shape index (κ3) is 4.29. The third-order valence-corrected chi connectivity index (χ3v) is 3.22. The van der Waals surface area contributed by atoms with Gasteiger partial charge in [0.1, 0.15) is 6.10 Å². The molecule has 1 saturated heterocycles. The van der Waals surface area contributed by atoms with Gasteiger partial charge in [-0.05, 0) is 37.0 Å². The van der Waals surface area contributed by atoms with Crippen molar-refractivity contribution in [2.45, 2.75) is 31.8 Å². The fraction of sp³-hybridized carbons (Fsp3) is 0.429. The fourth-order valence-corrected chi connectivity index (χ4v) is 2.24. The SMILES string of the molecule is NC(=S)Cc1ccc(NC(=O)C2CCCCO2)cc1. The average molecular weight is 278 g/mol. The van der Waals surface area contributed by atoms with E-state index < -0.39 is 0 Å². The van der Waals surface area contributed by atoms with Crippen LogP contribution in [-0.2, 0) is 16.0 Å². The summed E-state index contributed by atoms with van der Waals surface area (Å²) in [5.41, 5.74) is 7.30. The summed E-state index contributed by atoms with van der Waals surface area (Å²) in [5.74, 6) is -0.0678. The highest BCUT2D eigenvalue weighted by molar-refractivity contribution is 7.80. The van der Waals surface area contributed by atoms with Crippen molar-refractivity contribution < 1.29 is 9.53 Å². The second kappa shape index (κ2) is 6.63. The van der Waals surface area contributed by atoms with Crippen LogP contribution in [0.5, 0.6) is 0 Å². The molecule has 5 heteroatoms. The lowest BCUT2D eigenvalue weighted by atomic mass is 10.1. The van der Waals surface area contributed by atoms with Crippen molar-refractivity contribution in [2.24, 2.45) is 5.73 Å². The Hall–Kier alpha value is -1.46. The zero-order valence-corrected chi connectivity index (χ0v) is 11.5. The van der Waals surface area contributed by atoms with Crippen LogP contribution in [0.4, 0.5) is 5.69 Å². The summed E-state index contributed by atoms with van der Waals surface area (Å²) in [7, 11) is 0. The highest BCUT2D eigenvalue weighted by Gasteiger charge is 2.21. The predicted molar refractivity (Wildman–Crippen MR) is 79.2 cm³/mol. The highest BCUT2D eigenvalue weighted by Crippen LogP contribution is 2.16. The van der Waals surface area contributed by atoms with E-state index in [1.54, 1.807) is 0 Å². The number of hydrogen-bond donors (Lipinski definition) is 2. The van der Waals surface area contributed by atoms with Crippen molar-refractivity contribution in [3.63, 3.8) is 0 Å². The Balaban J connectivity index is 1.91. The van der Waals surface area contributed by atoms with Gasteiger partial charge in [0.25, 0.3) is 5.91 Å². The van der Waals surface area contributed by atoms with Crippen LogP contribution in [-0.4, -0.2) is 23.6 Å². The zero-order valence-electron chi connectivity index (χ0n) is 10.7. The number of carbonyl (C=O) groups is 1. The normalized spacial score (nSPS) is 18.8. The van der Waals surface area contributed by atoms with Gasteiger partial charge in [-0.2, -0.15) is 0 Å². The Morgan fingerprint density at radius 1 is 1.37 bits per heavy atom. The number of thiocarbonyl (C=S) groups is 1. The first-order valence-corrected chi connectivity index (χ1v) is 6.85. The van der Waals surface area contributed by atoms with Crippen LogP contribution in [0.3, 0.4) is 0 Å². The highest BCUT2D eigenvalue weighted by atomic mass is 32.1. The van der Waals surface area contributed by atoms with Crippen molar-refractivity contribution in [3.8, 4) is 0 Å².